The molecule has 21 heavy (non-hydrogen) atoms. The van der Waals surface area contributed by atoms with Crippen molar-refractivity contribution in [3.05, 3.63) is 35.4 Å². The van der Waals surface area contributed by atoms with Gasteiger partial charge in [0.1, 0.15) is 23.7 Å². The van der Waals surface area contributed by atoms with Gasteiger partial charge in [-0.3, -0.25) is 0 Å². The predicted octanol–water partition coefficient (Wildman–Crippen LogP) is 1.20. The van der Waals surface area contributed by atoms with Crippen LogP contribution in [0.2, 0.25) is 0 Å². The third-order valence-corrected chi connectivity index (χ3v) is 6.17. The SMILES string of the molecule is CN1CC[C@@]23c4c5ccc(O)c4CC1C2C=C[C@H](O)C3O5. The summed E-state index contributed by atoms with van der Waals surface area (Å²) in [7, 11) is 2.16. The molecule has 5 rings (SSSR count). The molecule has 0 radical (unpaired) electrons. The van der Waals surface area contributed by atoms with Crippen LogP contribution in [0, 0.1) is 5.92 Å². The highest BCUT2D eigenvalue weighted by atomic mass is 16.5. The highest BCUT2D eigenvalue weighted by Gasteiger charge is 2.64. The van der Waals surface area contributed by atoms with Gasteiger partial charge in [-0.2, -0.15) is 0 Å². The zero-order chi connectivity index (χ0) is 14.4. The van der Waals surface area contributed by atoms with Crippen molar-refractivity contribution in [1.82, 2.24) is 4.90 Å². The Morgan fingerprint density at radius 3 is 3.05 bits per heavy atom. The maximum absolute atomic E-state index is 10.4. The summed E-state index contributed by atoms with van der Waals surface area (Å²) in [5.41, 5.74) is 2.04. The number of likely N-dealkylation sites (N-methyl/N-ethyl adjacent to an activating group) is 1. The van der Waals surface area contributed by atoms with Gasteiger partial charge in [0.2, 0.25) is 0 Å². The molecule has 110 valence electrons. The monoisotopic (exact) mass is 285 g/mol. The topological polar surface area (TPSA) is 52.9 Å². The van der Waals surface area contributed by atoms with E-state index < -0.39 is 6.10 Å². The molecule has 2 aliphatic heterocycles. The second kappa shape index (κ2) is 3.62. The first-order valence-corrected chi connectivity index (χ1v) is 7.71. The van der Waals surface area contributed by atoms with Gasteiger partial charge in [0.15, 0.2) is 0 Å². The number of aromatic hydroxyl groups is 1. The number of nitrogens with zero attached hydrogens (tertiary/aromatic N) is 1. The maximum Gasteiger partial charge on any atom is 0.138 e. The smallest absolute Gasteiger partial charge is 0.138 e. The van der Waals surface area contributed by atoms with Crippen molar-refractivity contribution in [2.24, 2.45) is 5.92 Å². The van der Waals surface area contributed by atoms with Crippen LogP contribution in [0.4, 0.5) is 0 Å². The molecular formula is C17H19NO3. The largest absolute Gasteiger partial charge is 0.508 e. The Morgan fingerprint density at radius 1 is 1.33 bits per heavy atom. The first-order chi connectivity index (χ1) is 10.1. The molecule has 2 heterocycles. The quantitative estimate of drug-likeness (QED) is 0.703. The number of aliphatic hydroxyl groups excluding tert-OH is 1. The zero-order valence-electron chi connectivity index (χ0n) is 12.0. The van der Waals surface area contributed by atoms with Crippen molar-refractivity contribution < 1.29 is 14.9 Å². The van der Waals surface area contributed by atoms with Crippen LogP contribution in [0.1, 0.15) is 17.5 Å². The Labute approximate surface area is 123 Å². The van der Waals surface area contributed by atoms with E-state index in [-0.39, 0.29) is 11.5 Å². The lowest BCUT2D eigenvalue weighted by Gasteiger charge is -2.56. The Bertz CT molecular complexity index is 670. The summed E-state index contributed by atoms with van der Waals surface area (Å²) in [6.45, 7) is 1.01. The van der Waals surface area contributed by atoms with Gasteiger partial charge in [-0.1, -0.05) is 12.2 Å². The summed E-state index contributed by atoms with van der Waals surface area (Å²) in [6, 6.07) is 3.97. The minimum Gasteiger partial charge on any atom is -0.508 e. The number of phenols is 1. The van der Waals surface area contributed by atoms with Gasteiger partial charge < -0.3 is 19.8 Å². The number of aliphatic hydroxyl groups is 1. The number of phenolic OH excluding ortho intramolecular Hbond substituents is 1. The summed E-state index contributed by atoms with van der Waals surface area (Å²) in [6.07, 6.45) is 5.14. The molecule has 2 aliphatic carbocycles. The van der Waals surface area contributed by atoms with Gasteiger partial charge in [-0.05, 0) is 38.6 Å². The number of likely N-dealkylation sites (tertiary alicyclic amines) is 1. The zero-order valence-corrected chi connectivity index (χ0v) is 12.0. The number of piperidine rings is 1. The van der Waals surface area contributed by atoms with E-state index in [1.165, 1.54) is 5.56 Å². The predicted molar refractivity (Wildman–Crippen MR) is 77.6 cm³/mol. The van der Waals surface area contributed by atoms with Gasteiger partial charge >= 0.3 is 0 Å². The minimum atomic E-state index is -0.564. The van der Waals surface area contributed by atoms with Crippen LogP contribution in [-0.4, -0.2) is 47.0 Å². The van der Waals surface area contributed by atoms with Gasteiger partial charge in [0, 0.05) is 28.5 Å². The standard InChI is InChI=1S/C17H19NO3/c1-18-7-6-17-10-2-3-13(20)16(17)21-14-5-4-12(19)9(15(14)17)8-11(10)18/h2-5,10-11,13,16,19-20H,6-8H2,1H3/t10?,11?,13-,16?,17-/m0/s1. The van der Waals surface area contributed by atoms with E-state index in [1.54, 1.807) is 6.07 Å². The fourth-order valence-corrected chi connectivity index (χ4v) is 5.25. The third-order valence-electron chi connectivity index (χ3n) is 6.17. The van der Waals surface area contributed by atoms with Crippen molar-refractivity contribution in [3.8, 4) is 11.5 Å². The second-order valence-electron chi connectivity index (χ2n) is 6.92. The molecular weight excluding hydrogens is 266 g/mol. The molecule has 4 heteroatoms. The van der Waals surface area contributed by atoms with Crippen molar-refractivity contribution in [3.63, 3.8) is 0 Å². The lowest BCUT2D eigenvalue weighted by Crippen LogP contribution is -2.64. The number of benzene rings is 1. The van der Waals surface area contributed by atoms with Gasteiger partial charge in [-0.15, -0.1) is 0 Å². The molecule has 4 aliphatic rings. The number of rotatable bonds is 0. The van der Waals surface area contributed by atoms with Crippen molar-refractivity contribution in [1.29, 1.82) is 0 Å². The van der Waals surface area contributed by atoms with E-state index >= 15 is 0 Å². The van der Waals surface area contributed by atoms with Gasteiger partial charge in [0.25, 0.3) is 0 Å². The first kappa shape index (κ1) is 12.1. The van der Waals surface area contributed by atoms with Crippen LogP contribution in [-0.2, 0) is 11.8 Å². The normalized spacial score (nSPS) is 42.6. The number of hydrogen-bond acceptors (Lipinski definition) is 4. The number of hydrogen-bond donors (Lipinski definition) is 2. The van der Waals surface area contributed by atoms with Crippen LogP contribution < -0.4 is 4.74 Å². The van der Waals surface area contributed by atoms with Crippen LogP contribution >= 0.6 is 0 Å². The average Bonchev–Trinajstić information content (AvgIpc) is 2.81. The molecule has 1 spiro atoms. The van der Waals surface area contributed by atoms with E-state index in [2.05, 4.69) is 18.0 Å². The molecule has 1 aromatic carbocycles. The minimum absolute atomic E-state index is 0.160. The summed E-state index contributed by atoms with van der Waals surface area (Å²) in [5.74, 6) is 1.60. The summed E-state index contributed by atoms with van der Waals surface area (Å²) in [5, 5.41) is 20.8. The van der Waals surface area contributed by atoms with Crippen LogP contribution in [0.3, 0.4) is 0 Å². The van der Waals surface area contributed by atoms with Crippen LogP contribution in [0.15, 0.2) is 24.3 Å². The molecule has 0 aromatic heterocycles. The second-order valence-corrected chi connectivity index (χ2v) is 6.92. The lowest BCUT2D eigenvalue weighted by molar-refractivity contribution is -0.0452. The van der Waals surface area contributed by atoms with Crippen LogP contribution in [0.25, 0.3) is 0 Å². The van der Waals surface area contributed by atoms with Crippen molar-refractivity contribution in [2.45, 2.75) is 36.5 Å². The Morgan fingerprint density at radius 2 is 2.19 bits per heavy atom. The van der Waals surface area contributed by atoms with E-state index in [4.69, 9.17) is 4.74 Å². The van der Waals surface area contributed by atoms with E-state index in [1.807, 2.05) is 12.1 Å². The molecule has 0 amide bonds. The van der Waals surface area contributed by atoms with Crippen molar-refractivity contribution in [2.75, 3.05) is 13.6 Å². The Kier molecular flexibility index (Phi) is 2.08. The Balaban J connectivity index is 1.85. The van der Waals surface area contributed by atoms with E-state index in [0.717, 1.165) is 30.7 Å². The molecule has 1 fully saturated rings. The summed E-state index contributed by atoms with van der Waals surface area (Å²) >= 11 is 0. The highest BCUT2D eigenvalue weighted by Crippen LogP contribution is 2.61. The van der Waals surface area contributed by atoms with Crippen LogP contribution in [0.5, 0.6) is 11.5 Å². The molecule has 3 unspecified atom stereocenters. The van der Waals surface area contributed by atoms with Crippen molar-refractivity contribution >= 4 is 0 Å². The average molecular weight is 285 g/mol. The third kappa shape index (κ3) is 1.21. The molecule has 5 atom stereocenters. The molecule has 2 bridgehead atoms. The fraction of sp³-hybridized carbons (Fsp3) is 0.529. The number of ether oxygens (including phenoxy) is 1. The summed E-state index contributed by atoms with van der Waals surface area (Å²) in [4.78, 5) is 2.39. The maximum atomic E-state index is 10.4. The molecule has 2 N–H and O–H groups in total. The van der Waals surface area contributed by atoms with Gasteiger partial charge in [0.05, 0.1) is 0 Å². The lowest BCUT2D eigenvalue weighted by atomic mass is 9.53. The Hall–Kier alpha value is -1.52. The highest BCUT2D eigenvalue weighted by molar-refractivity contribution is 5.60. The molecule has 0 saturated carbocycles. The summed E-state index contributed by atoms with van der Waals surface area (Å²) < 4.78 is 6.15. The molecule has 1 aromatic rings. The molecule has 1 saturated heterocycles. The molecule has 4 nitrogen and oxygen atoms in total. The van der Waals surface area contributed by atoms with Gasteiger partial charge in [-0.25, -0.2) is 0 Å². The fourth-order valence-electron chi connectivity index (χ4n) is 5.25. The van der Waals surface area contributed by atoms with E-state index in [9.17, 15) is 10.2 Å². The first-order valence-electron chi connectivity index (χ1n) is 7.71. The van der Waals surface area contributed by atoms with E-state index in [0.29, 0.717) is 17.7 Å².